The second kappa shape index (κ2) is 6.26. The van der Waals surface area contributed by atoms with Gasteiger partial charge in [-0.05, 0) is 49.9 Å². The summed E-state index contributed by atoms with van der Waals surface area (Å²) in [7, 11) is 0. The zero-order chi connectivity index (χ0) is 14.7. The lowest BCUT2D eigenvalue weighted by atomic mass is 10.2. The number of nitrogens with zero attached hydrogens (tertiary/aromatic N) is 1. The zero-order valence-corrected chi connectivity index (χ0v) is 12.8. The van der Waals surface area contributed by atoms with Gasteiger partial charge in [-0.1, -0.05) is 6.92 Å². The van der Waals surface area contributed by atoms with Crippen molar-refractivity contribution in [2.45, 2.75) is 32.6 Å². The van der Waals surface area contributed by atoms with Crippen LogP contribution in [0.2, 0.25) is 0 Å². The van der Waals surface area contributed by atoms with Gasteiger partial charge in [-0.15, -0.1) is 11.3 Å². The van der Waals surface area contributed by atoms with Crippen molar-refractivity contribution in [3.63, 3.8) is 0 Å². The number of carbonyl (C=O) groups is 1. The first-order valence-electron chi connectivity index (χ1n) is 7.29. The fourth-order valence-electron chi connectivity index (χ4n) is 2.34. The average Bonchev–Trinajstić information content (AvgIpc) is 3.06. The maximum atomic E-state index is 12.2. The van der Waals surface area contributed by atoms with E-state index in [0.29, 0.717) is 17.3 Å². The van der Waals surface area contributed by atoms with Crippen molar-refractivity contribution in [2.75, 3.05) is 11.9 Å². The van der Waals surface area contributed by atoms with Crippen molar-refractivity contribution < 1.29 is 9.53 Å². The highest BCUT2D eigenvalue weighted by Gasteiger charge is 2.18. The van der Waals surface area contributed by atoms with Crippen LogP contribution < -0.4 is 10.1 Å². The number of hydrogen-bond donors (Lipinski definition) is 1. The van der Waals surface area contributed by atoms with Gasteiger partial charge in [0.25, 0.3) is 5.91 Å². The Morgan fingerprint density at radius 1 is 1.33 bits per heavy atom. The molecule has 1 aliphatic carbocycles. The normalized spacial score (nSPS) is 13.0. The molecule has 0 saturated heterocycles. The molecule has 0 saturated carbocycles. The summed E-state index contributed by atoms with van der Waals surface area (Å²) in [5.74, 6) is 0.672. The number of nitrogens with one attached hydrogen (secondary N) is 1. The molecule has 2 aromatic rings. The number of anilines is 1. The molecule has 1 amide bonds. The number of fused-ring (bicyclic) bond motifs is 1. The van der Waals surface area contributed by atoms with Crippen LogP contribution in [0.5, 0.6) is 5.75 Å². The number of rotatable bonds is 5. The van der Waals surface area contributed by atoms with E-state index in [9.17, 15) is 4.79 Å². The van der Waals surface area contributed by atoms with Crippen LogP contribution in [0.15, 0.2) is 24.3 Å². The van der Waals surface area contributed by atoms with Gasteiger partial charge in [0.05, 0.1) is 12.3 Å². The summed E-state index contributed by atoms with van der Waals surface area (Å²) in [4.78, 5) is 18.0. The molecular formula is C16H18N2O2S. The minimum Gasteiger partial charge on any atom is -0.494 e. The molecule has 0 spiro atoms. The summed E-state index contributed by atoms with van der Waals surface area (Å²) >= 11 is 1.59. The minimum absolute atomic E-state index is 0.121. The van der Waals surface area contributed by atoms with Crippen LogP contribution in [0.4, 0.5) is 5.13 Å². The molecule has 1 aromatic carbocycles. The van der Waals surface area contributed by atoms with E-state index in [1.54, 1.807) is 23.5 Å². The molecule has 4 nitrogen and oxygen atoms in total. The van der Waals surface area contributed by atoms with Gasteiger partial charge in [-0.3, -0.25) is 10.1 Å². The maximum Gasteiger partial charge on any atom is 0.257 e. The van der Waals surface area contributed by atoms with Crippen LogP contribution in [0.1, 0.15) is 40.7 Å². The van der Waals surface area contributed by atoms with E-state index < -0.39 is 0 Å². The standard InChI is InChI=1S/C16H18N2O2S/c1-2-10-20-12-8-6-11(7-9-12)15(19)18-16-17-13-4-3-5-14(13)21-16/h6-9H,2-5,10H2,1H3,(H,17,18,19). The minimum atomic E-state index is -0.121. The molecular weight excluding hydrogens is 284 g/mol. The Balaban J connectivity index is 1.64. The lowest BCUT2D eigenvalue weighted by Gasteiger charge is -2.06. The van der Waals surface area contributed by atoms with Gasteiger partial charge in [0.2, 0.25) is 0 Å². The third-order valence-corrected chi connectivity index (χ3v) is 4.48. The molecule has 1 aliphatic rings. The predicted octanol–water partition coefficient (Wildman–Crippen LogP) is 3.67. The Morgan fingerprint density at radius 3 is 2.86 bits per heavy atom. The summed E-state index contributed by atoms with van der Waals surface area (Å²) in [6.45, 7) is 2.75. The van der Waals surface area contributed by atoms with E-state index in [1.165, 1.54) is 11.3 Å². The summed E-state index contributed by atoms with van der Waals surface area (Å²) in [5, 5.41) is 3.58. The molecule has 1 heterocycles. The smallest absolute Gasteiger partial charge is 0.257 e. The third-order valence-electron chi connectivity index (χ3n) is 3.41. The van der Waals surface area contributed by atoms with Gasteiger partial charge in [0.15, 0.2) is 5.13 Å². The van der Waals surface area contributed by atoms with Crippen LogP contribution in [0, 0.1) is 0 Å². The van der Waals surface area contributed by atoms with Crippen molar-refractivity contribution in [2.24, 2.45) is 0 Å². The highest BCUT2D eigenvalue weighted by molar-refractivity contribution is 7.15. The Morgan fingerprint density at radius 2 is 2.14 bits per heavy atom. The Hall–Kier alpha value is -1.88. The monoisotopic (exact) mass is 302 g/mol. The summed E-state index contributed by atoms with van der Waals surface area (Å²) in [6, 6.07) is 7.21. The van der Waals surface area contributed by atoms with Gasteiger partial charge in [-0.25, -0.2) is 4.98 Å². The van der Waals surface area contributed by atoms with E-state index in [-0.39, 0.29) is 5.91 Å². The van der Waals surface area contributed by atoms with Crippen LogP contribution in [-0.2, 0) is 12.8 Å². The molecule has 1 aromatic heterocycles. The summed E-state index contributed by atoms with van der Waals surface area (Å²) < 4.78 is 5.51. The second-order valence-electron chi connectivity index (χ2n) is 5.07. The Kier molecular flexibility index (Phi) is 4.20. The molecule has 0 bridgehead atoms. The number of ether oxygens (including phenoxy) is 1. The first-order valence-corrected chi connectivity index (χ1v) is 8.10. The van der Waals surface area contributed by atoms with Crippen molar-refractivity contribution in [1.82, 2.24) is 4.98 Å². The van der Waals surface area contributed by atoms with E-state index in [1.807, 2.05) is 12.1 Å². The van der Waals surface area contributed by atoms with Crippen LogP contribution in [0.3, 0.4) is 0 Å². The Labute approximate surface area is 128 Å². The SMILES string of the molecule is CCCOc1ccc(C(=O)Nc2nc3c(s2)CCC3)cc1. The number of thiazole rings is 1. The quantitative estimate of drug-likeness (QED) is 0.916. The second-order valence-corrected chi connectivity index (χ2v) is 6.15. The summed E-state index contributed by atoms with van der Waals surface area (Å²) in [6.07, 6.45) is 4.27. The van der Waals surface area contributed by atoms with Crippen LogP contribution >= 0.6 is 11.3 Å². The van der Waals surface area contributed by atoms with Gasteiger partial charge in [0, 0.05) is 10.4 Å². The van der Waals surface area contributed by atoms with E-state index in [0.717, 1.165) is 30.7 Å². The number of hydrogen-bond acceptors (Lipinski definition) is 4. The molecule has 0 radical (unpaired) electrons. The van der Waals surface area contributed by atoms with Crippen molar-refractivity contribution in [1.29, 1.82) is 0 Å². The maximum absolute atomic E-state index is 12.2. The average molecular weight is 302 g/mol. The van der Waals surface area contributed by atoms with Crippen LogP contribution in [-0.4, -0.2) is 17.5 Å². The fourth-order valence-corrected chi connectivity index (χ4v) is 3.38. The Bertz CT molecular complexity index is 613. The topological polar surface area (TPSA) is 51.2 Å². The highest BCUT2D eigenvalue weighted by Crippen LogP contribution is 2.30. The largest absolute Gasteiger partial charge is 0.494 e. The first kappa shape index (κ1) is 14.1. The van der Waals surface area contributed by atoms with E-state index in [4.69, 9.17) is 4.74 Å². The number of aromatic nitrogens is 1. The van der Waals surface area contributed by atoms with Gasteiger partial charge in [-0.2, -0.15) is 0 Å². The lowest BCUT2D eigenvalue weighted by molar-refractivity contribution is 0.102. The molecule has 21 heavy (non-hydrogen) atoms. The summed E-state index contributed by atoms with van der Waals surface area (Å²) in [5.41, 5.74) is 1.77. The number of amides is 1. The first-order chi connectivity index (χ1) is 10.3. The molecule has 0 fully saturated rings. The molecule has 0 aliphatic heterocycles. The molecule has 0 unspecified atom stereocenters. The fraction of sp³-hybridized carbons (Fsp3) is 0.375. The van der Waals surface area contributed by atoms with E-state index >= 15 is 0 Å². The number of aryl methyl sites for hydroxylation is 2. The van der Waals surface area contributed by atoms with Crippen molar-refractivity contribution in [3.8, 4) is 5.75 Å². The predicted molar refractivity (Wildman–Crippen MR) is 84.3 cm³/mol. The van der Waals surface area contributed by atoms with Gasteiger partial charge >= 0.3 is 0 Å². The van der Waals surface area contributed by atoms with Gasteiger partial charge in [0.1, 0.15) is 5.75 Å². The molecule has 3 rings (SSSR count). The van der Waals surface area contributed by atoms with Crippen LogP contribution in [0.25, 0.3) is 0 Å². The zero-order valence-electron chi connectivity index (χ0n) is 12.0. The molecule has 110 valence electrons. The molecule has 1 N–H and O–H groups in total. The van der Waals surface area contributed by atoms with Gasteiger partial charge < -0.3 is 4.74 Å². The molecule has 5 heteroatoms. The molecule has 0 atom stereocenters. The highest BCUT2D eigenvalue weighted by atomic mass is 32.1. The van der Waals surface area contributed by atoms with E-state index in [2.05, 4.69) is 17.2 Å². The lowest BCUT2D eigenvalue weighted by Crippen LogP contribution is -2.11. The number of carbonyl (C=O) groups excluding carboxylic acids is 1. The number of benzene rings is 1. The van der Waals surface area contributed by atoms with Crippen molar-refractivity contribution in [3.05, 3.63) is 40.4 Å². The van der Waals surface area contributed by atoms with Crippen molar-refractivity contribution >= 4 is 22.4 Å². The third kappa shape index (κ3) is 3.24.